The molecular formula is C17H24ClNO5S. The summed E-state index contributed by atoms with van der Waals surface area (Å²) in [5.41, 5.74) is 0. The van der Waals surface area contributed by atoms with Crippen LogP contribution in [0.25, 0.3) is 0 Å². The first-order chi connectivity index (χ1) is 11.8. The fraction of sp³-hybridized carbons (Fsp3) is 0.588. The number of hydrogen-bond donors (Lipinski definition) is 0. The van der Waals surface area contributed by atoms with Crippen molar-refractivity contribution in [2.45, 2.75) is 31.9 Å². The highest BCUT2D eigenvalue weighted by Crippen LogP contribution is 2.25. The zero-order chi connectivity index (χ0) is 18.4. The van der Waals surface area contributed by atoms with E-state index in [2.05, 4.69) is 0 Å². The van der Waals surface area contributed by atoms with E-state index in [4.69, 9.17) is 21.1 Å². The predicted molar refractivity (Wildman–Crippen MR) is 96.8 cm³/mol. The minimum absolute atomic E-state index is 0.00450. The maximum absolute atomic E-state index is 12.9. The van der Waals surface area contributed by atoms with Gasteiger partial charge in [0.05, 0.1) is 16.5 Å². The van der Waals surface area contributed by atoms with Crippen LogP contribution < -0.4 is 4.74 Å². The molecule has 1 saturated heterocycles. The van der Waals surface area contributed by atoms with Crippen LogP contribution in [0.3, 0.4) is 0 Å². The molecule has 0 bridgehead atoms. The van der Waals surface area contributed by atoms with E-state index in [-0.39, 0.29) is 23.5 Å². The van der Waals surface area contributed by atoms with Gasteiger partial charge in [-0.1, -0.05) is 23.7 Å². The summed E-state index contributed by atoms with van der Waals surface area (Å²) in [6.45, 7) is 2.59. The van der Waals surface area contributed by atoms with Gasteiger partial charge in [0.25, 0.3) is 5.91 Å². The van der Waals surface area contributed by atoms with Crippen LogP contribution in [0.5, 0.6) is 5.75 Å². The first kappa shape index (κ1) is 20.0. The van der Waals surface area contributed by atoms with Crippen LogP contribution in [-0.4, -0.2) is 63.1 Å². The molecule has 1 heterocycles. The van der Waals surface area contributed by atoms with Crippen molar-refractivity contribution in [2.24, 2.45) is 0 Å². The zero-order valence-corrected chi connectivity index (χ0v) is 16.1. The Bertz CT molecular complexity index is 694. The van der Waals surface area contributed by atoms with Crippen molar-refractivity contribution in [1.29, 1.82) is 0 Å². The second-order valence-electron chi connectivity index (χ2n) is 6.13. The third-order valence-corrected chi connectivity index (χ3v) is 6.23. The molecule has 2 atom stereocenters. The van der Waals surface area contributed by atoms with Gasteiger partial charge >= 0.3 is 0 Å². The summed E-state index contributed by atoms with van der Waals surface area (Å²) in [6, 6.07) is 6.63. The first-order valence-electron chi connectivity index (χ1n) is 8.25. The lowest BCUT2D eigenvalue weighted by Gasteiger charge is -2.31. The lowest BCUT2D eigenvalue weighted by molar-refractivity contribution is -0.140. The Morgan fingerprint density at radius 1 is 1.40 bits per heavy atom. The van der Waals surface area contributed by atoms with E-state index in [1.807, 2.05) is 0 Å². The maximum Gasteiger partial charge on any atom is 0.263 e. The Kier molecular flexibility index (Phi) is 7.10. The molecular weight excluding hydrogens is 366 g/mol. The molecule has 0 radical (unpaired) electrons. The molecule has 1 aliphatic heterocycles. The molecule has 0 unspecified atom stereocenters. The number of carbonyl (C=O) groups is 1. The summed E-state index contributed by atoms with van der Waals surface area (Å²) in [6.07, 6.45) is 0.336. The highest BCUT2D eigenvalue weighted by molar-refractivity contribution is 7.91. The average molecular weight is 390 g/mol. The molecule has 0 N–H and O–H groups in total. The normalized spacial score (nSPS) is 20.2. The Morgan fingerprint density at radius 3 is 2.72 bits per heavy atom. The van der Waals surface area contributed by atoms with E-state index in [0.29, 0.717) is 36.8 Å². The van der Waals surface area contributed by atoms with Crippen LogP contribution in [-0.2, 0) is 19.4 Å². The SMILES string of the molecule is COCCCN(C(=O)[C@@H](C)Oc1ccccc1Cl)[C@H]1CCS(=O)(=O)C1. The van der Waals surface area contributed by atoms with Gasteiger partial charge in [-0.15, -0.1) is 0 Å². The number of ether oxygens (including phenoxy) is 2. The third kappa shape index (κ3) is 5.59. The van der Waals surface area contributed by atoms with Gasteiger partial charge < -0.3 is 14.4 Å². The van der Waals surface area contributed by atoms with Crippen molar-refractivity contribution in [3.8, 4) is 5.75 Å². The fourth-order valence-electron chi connectivity index (χ4n) is 2.89. The molecule has 0 aliphatic carbocycles. The van der Waals surface area contributed by atoms with Crippen LogP contribution in [0.15, 0.2) is 24.3 Å². The second-order valence-corrected chi connectivity index (χ2v) is 8.76. The quantitative estimate of drug-likeness (QED) is 0.637. The van der Waals surface area contributed by atoms with E-state index in [1.165, 1.54) is 0 Å². The van der Waals surface area contributed by atoms with Gasteiger partial charge in [0.15, 0.2) is 15.9 Å². The van der Waals surface area contributed by atoms with Gasteiger partial charge in [0.1, 0.15) is 5.75 Å². The lowest BCUT2D eigenvalue weighted by Crippen LogP contribution is -2.47. The average Bonchev–Trinajstić information content (AvgIpc) is 2.93. The van der Waals surface area contributed by atoms with E-state index in [9.17, 15) is 13.2 Å². The molecule has 25 heavy (non-hydrogen) atoms. The molecule has 8 heteroatoms. The van der Waals surface area contributed by atoms with Gasteiger partial charge in [-0.05, 0) is 31.9 Å². The minimum Gasteiger partial charge on any atom is -0.479 e. The predicted octanol–water partition coefficient (Wildman–Crippen LogP) is 2.16. The number of sulfone groups is 1. The van der Waals surface area contributed by atoms with Crippen molar-refractivity contribution in [3.05, 3.63) is 29.3 Å². The topological polar surface area (TPSA) is 72.9 Å². The third-order valence-electron chi connectivity index (χ3n) is 4.17. The van der Waals surface area contributed by atoms with Crippen LogP contribution in [0.2, 0.25) is 5.02 Å². The number of carbonyl (C=O) groups excluding carboxylic acids is 1. The molecule has 1 amide bonds. The van der Waals surface area contributed by atoms with E-state index >= 15 is 0 Å². The van der Waals surface area contributed by atoms with Gasteiger partial charge in [-0.2, -0.15) is 0 Å². The van der Waals surface area contributed by atoms with Gasteiger partial charge in [0, 0.05) is 26.3 Å². The molecule has 140 valence electrons. The highest BCUT2D eigenvalue weighted by Gasteiger charge is 2.36. The van der Waals surface area contributed by atoms with Crippen LogP contribution in [0.4, 0.5) is 0 Å². The molecule has 2 rings (SSSR count). The number of para-hydroxylation sites is 1. The number of halogens is 1. The summed E-state index contributed by atoms with van der Waals surface area (Å²) < 4.78 is 34.3. The number of hydrogen-bond acceptors (Lipinski definition) is 5. The van der Waals surface area contributed by atoms with E-state index < -0.39 is 15.9 Å². The molecule has 1 aromatic carbocycles. The number of rotatable bonds is 8. The monoisotopic (exact) mass is 389 g/mol. The summed E-state index contributed by atoms with van der Waals surface area (Å²) in [5.74, 6) is 0.315. The van der Waals surface area contributed by atoms with Crippen LogP contribution in [0, 0.1) is 0 Å². The summed E-state index contributed by atoms with van der Waals surface area (Å²) in [7, 11) is -1.49. The summed E-state index contributed by atoms with van der Waals surface area (Å²) >= 11 is 6.07. The molecule has 6 nitrogen and oxygen atoms in total. The fourth-order valence-corrected chi connectivity index (χ4v) is 4.80. The van der Waals surface area contributed by atoms with Gasteiger partial charge in [-0.25, -0.2) is 8.42 Å². The molecule has 0 spiro atoms. The Balaban J connectivity index is 2.09. The molecule has 0 aromatic heterocycles. The maximum atomic E-state index is 12.9. The van der Waals surface area contributed by atoms with Gasteiger partial charge in [0.2, 0.25) is 0 Å². The number of benzene rings is 1. The van der Waals surface area contributed by atoms with Crippen molar-refractivity contribution in [2.75, 3.05) is 31.8 Å². The molecule has 0 saturated carbocycles. The van der Waals surface area contributed by atoms with E-state index in [0.717, 1.165) is 0 Å². The lowest BCUT2D eigenvalue weighted by atomic mass is 10.2. The van der Waals surface area contributed by atoms with Crippen molar-refractivity contribution >= 4 is 27.3 Å². The summed E-state index contributed by atoms with van der Waals surface area (Å²) in [5, 5.41) is 0.427. The van der Waals surface area contributed by atoms with Crippen molar-refractivity contribution in [3.63, 3.8) is 0 Å². The van der Waals surface area contributed by atoms with Crippen LogP contribution >= 0.6 is 11.6 Å². The van der Waals surface area contributed by atoms with Crippen molar-refractivity contribution in [1.82, 2.24) is 4.90 Å². The largest absolute Gasteiger partial charge is 0.479 e. The number of methoxy groups -OCH3 is 1. The Labute approximate surface area is 154 Å². The standard InChI is InChI=1S/C17H24ClNO5S/c1-13(24-16-7-4-3-6-15(16)18)17(20)19(9-5-10-23-2)14-8-11-25(21,22)12-14/h3-4,6-7,13-14H,5,8-12H2,1-2H3/t13-,14+/m1/s1. The molecule has 1 aliphatic rings. The van der Waals surface area contributed by atoms with E-state index in [1.54, 1.807) is 43.2 Å². The highest BCUT2D eigenvalue weighted by atomic mass is 35.5. The smallest absolute Gasteiger partial charge is 0.263 e. The Hall–Kier alpha value is -1.31. The number of amides is 1. The summed E-state index contributed by atoms with van der Waals surface area (Å²) in [4.78, 5) is 14.5. The first-order valence-corrected chi connectivity index (χ1v) is 10.4. The number of nitrogens with zero attached hydrogens (tertiary/aromatic N) is 1. The minimum atomic E-state index is -3.08. The second kappa shape index (κ2) is 8.87. The molecule has 1 fully saturated rings. The molecule has 1 aromatic rings. The van der Waals surface area contributed by atoms with Crippen molar-refractivity contribution < 1.29 is 22.7 Å². The zero-order valence-electron chi connectivity index (χ0n) is 14.5. The van der Waals surface area contributed by atoms with Crippen LogP contribution in [0.1, 0.15) is 19.8 Å². The van der Waals surface area contributed by atoms with Gasteiger partial charge in [-0.3, -0.25) is 4.79 Å². The Morgan fingerprint density at radius 2 is 2.12 bits per heavy atom.